The van der Waals surface area contributed by atoms with Crippen LogP contribution in [0.2, 0.25) is 0 Å². The summed E-state index contributed by atoms with van der Waals surface area (Å²) in [6.07, 6.45) is 0. The highest BCUT2D eigenvalue weighted by molar-refractivity contribution is 9.11. The van der Waals surface area contributed by atoms with Gasteiger partial charge in [-0.1, -0.05) is 0 Å². The molecular formula is C6BrF9. The molecule has 0 heterocycles. The third kappa shape index (κ3) is 1.19. The van der Waals surface area contributed by atoms with E-state index in [0.29, 0.717) is 0 Å². The SMILES string of the molecule is FC1=C(Br)C(F)(F)C(F)(F)C(F)(F)C1(F)F. The van der Waals surface area contributed by atoms with Gasteiger partial charge in [0.2, 0.25) is 0 Å². The van der Waals surface area contributed by atoms with Crippen molar-refractivity contribution in [2.24, 2.45) is 0 Å². The summed E-state index contributed by atoms with van der Waals surface area (Å²) in [5.41, 5.74) is 0. The quantitative estimate of drug-likeness (QED) is 0.589. The molecule has 0 unspecified atom stereocenters. The minimum atomic E-state index is -6.52. The first kappa shape index (κ1) is 13.7. The van der Waals surface area contributed by atoms with Gasteiger partial charge in [-0.2, -0.15) is 35.1 Å². The highest BCUT2D eigenvalue weighted by Crippen LogP contribution is 2.62. The summed E-state index contributed by atoms with van der Waals surface area (Å²) < 4.78 is 110. The van der Waals surface area contributed by atoms with E-state index < -0.39 is 34.0 Å². The first-order valence-corrected chi connectivity index (χ1v) is 4.18. The van der Waals surface area contributed by atoms with Crippen molar-refractivity contribution < 1.29 is 39.5 Å². The lowest BCUT2D eigenvalue weighted by molar-refractivity contribution is -0.360. The zero-order chi connectivity index (χ0) is 13.2. The molecule has 1 rings (SSSR count). The molecule has 0 nitrogen and oxygen atoms in total. The molecule has 0 aromatic rings. The van der Waals surface area contributed by atoms with E-state index >= 15 is 0 Å². The maximum Gasteiger partial charge on any atom is 0.385 e. The van der Waals surface area contributed by atoms with E-state index in [9.17, 15) is 39.5 Å². The Morgan fingerprint density at radius 1 is 0.688 bits per heavy atom. The second-order valence-corrected chi connectivity index (χ2v) is 3.72. The number of hydrogen-bond donors (Lipinski definition) is 0. The van der Waals surface area contributed by atoms with E-state index in [0.717, 1.165) is 0 Å². The predicted molar refractivity (Wildman–Crippen MR) is 36.8 cm³/mol. The van der Waals surface area contributed by atoms with E-state index in [1.807, 2.05) is 0 Å². The molecule has 0 spiro atoms. The van der Waals surface area contributed by atoms with Crippen LogP contribution in [0.4, 0.5) is 39.5 Å². The van der Waals surface area contributed by atoms with E-state index in [-0.39, 0.29) is 0 Å². The average molecular weight is 323 g/mol. The van der Waals surface area contributed by atoms with E-state index in [2.05, 4.69) is 0 Å². The van der Waals surface area contributed by atoms with Crippen LogP contribution in [-0.2, 0) is 0 Å². The van der Waals surface area contributed by atoms with Gasteiger partial charge in [-0.25, -0.2) is 4.39 Å². The highest BCUT2D eigenvalue weighted by Gasteiger charge is 2.86. The molecule has 0 saturated carbocycles. The molecule has 0 atom stereocenters. The van der Waals surface area contributed by atoms with Gasteiger partial charge in [0.15, 0.2) is 5.83 Å². The van der Waals surface area contributed by atoms with Gasteiger partial charge in [-0.3, -0.25) is 0 Å². The molecule has 1 aliphatic carbocycles. The molecule has 94 valence electrons. The lowest BCUT2D eigenvalue weighted by Crippen LogP contribution is -2.66. The standard InChI is InChI=1S/C6BrF9/c7-1-2(8)4(11,12)6(15,16)5(13,14)3(1,9)10. The summed E-state index contributed by atoms with van der Waals surface area (Å²) in [6, 6.07) is 0. The molecule has 0 aromatic carbocycles. The Bertz CT molecular complexity index is 321. The minimum Gasteiger partial charge on any atom is -0.204 e. The van der Waals surface area contributed by atoms with Crippen LogP contribution in [-0.4, -0.2) is 23.7 Å². The van der Waals surface area contributed by atoms with Crippen LogP contribution in [0, 0.1) is 0 Å². The van der Waals surface area contributed by atoms with Crippen molar-refractivity contribution in [3.05, 3.63) is 10.3 Å². The summed E-state index contributed by atoms with van der Waals surface area (Å²) in [7, 11) is 0. The van der Waals surface area contributed by atoms with E-state index in [1.54, 1.807) is 0 Å². The van der Waals surface area contributed by atoms with Gasteiger partial charge in [-0.05, 0) is 15.9 Å². The maximum atomic E-state index is 12.6. The van der Waals surface area contributed by atoms with Crippen molar-refractivity contribution in [2.45, 2.75) is 23.7 Å². The summed E-state index contributed by atoms with van der Waals surface area (Å²) in [6.45, 7) is 0. The number of alkyl halides is 8. The highest BCUT2D eigenvalue weighted by atomic mass is 79.9. The molecular weight excluding hydrogens is 323 g/mol. The van der Waals surface area contributed by atoms with Crippen LogP contribution in [0.15, 0.2) is 10.3 Å². The molecule has 0 bridgehead atoms. The fraction of sp³-hybridized carbons (Fsp3) is 0.667. The predicted octanol–water partition coefficient (Wildman–Crippen LogP) is 4.12. The normalized spacial score (nSPS) is 30.4. The Balaban J connectivity index is 3.64. The Morgan fingerprint density at radius 2 is 1.00 bits per heavy atom. The topological polar surface area (TPSA) is 0 Å². The zero-order valence-corrected chi connectivity index (χ0v) is 8.37. The van der Waals surface area contributed by atoms with Crippen molar-refractivity contribution in [1.29, 1.82) is 0 Å². The minimum absolute atomic E-state index is 1.44. The first-order valence-electron chi connectivity index (χ1n) is 3.39. The number of hydrogen-bond acceptors (Lipinski definition) is 0. The third-order valence-corrected chi connectivity index (χ3v) is 2.77. The number of rotatable bonds is 0. The summed E-state index contributed by atoms with van der Waals surface area (Å²) in [5.74, 6) is -28.0. The smallest absolute Gasteiger partial charge is 0.204 e. The summed E-state index contributed by atoms with van der Waals surface area (Å²) in [4.78, 5) is 0. The molecule has 0 N–H and O–H groups in total. The van der Waals surface area contributed by atoms with Crippen LogP contribution in [0.3, 0.4) is 0 Å². The average Bonchev–Trinajstić information content (AvgIpc) is 2.12. The fourth-order valence-corrected chi connectivity index (χ4v) is 1.44. The monoisotopic (exact) mass is 322 g/mol. The molecule has 10 heteroatoms. The first-order chi connectivity index (χ1) is 6.82. The lowest BCUT2D eigenvalue weighted by atomic mass is 9.91. The van der Waals surface area contributed by atoms with Gasteiger partial charge in [-0.15, -0.1) is 0 Å². The third-order valence-electron chi connectivity index (χ3n) is 1.93. The number of halogens is 10. The van der Waals surface area contributed by atoms with Gasteiger partial charge in [0.1, 0.15) is 4.48 Å². The van der Waals surface area contributed by atoms with Crippen LogP contribution < -0.4 is 0 Å². The van der Waals surface area contributed by atoms with Crippen LogP contribution in [0.1, 0.15) is 0 Å². The van der Waals surface area contributed by atoms with Gasteiger partial charge in [0.25, 0.3) is 0 Å². The second kappa shape index (κ2) is 3.08. The number of allylic oxidation sites excluding steroid dienone is 2. The van der Waals surface area contributed by atoms with Crippen LogP contribution >= 0.6 is 15.9 Å². The molecule has 0 amide bonds. The molecule has 0 aromatic heterocycles. The zero-order valence-electron chi connectivity index (χ0n) is 6.78. The van der Waals surface area contributed by atoms with Gasteiger partial charge in [0.05, 0.1) is 0 Å². The van der Waals surface area contributed by atoms with Gasteiger partial charge in [0, 0.05) is 0 Å². The van der Waals surface area contributed by atoms with Crippen molar-refractivity contribution in [2.75, 3.05) is 0 Å². The second-order valence-electron chi connectivity index (χ2n) is 2.93. The maximum absolute atomic E-state index is 12.6. The lowest BCUT2D eigenvalue weighted by Gasteiger charge is -2.40. The van der Waals surface area contributed by atoms with Gasteiger partial charge >= 0.3 is 23.7 Å². The van der Waals surface area contributed by atoms with Crippen molar-refractivity contribution in [1.82, 2.24) is 0 Å². The van der Waals surface area contributed by atoms with Crippen LogP contribution in [0.25, 0.3) is 0 Å². The molecule has 1 aliphatic rings. The van der Waals surface area contributed by atoms with Crippen molar-refractivity contribution in [3.63, 3.8) is 0 Å². The Morgan fingerprint density at radius 3 is 1.38 bits per heavy atom. The molecule has 0 aliphatic heterocycles. The Labute approximate surface area is 90.2 Å². The van der Waals surface area contributed by atoms with Crippen molar-refractivity contribution in [3.8, 4) is 0 Å². The molecule has 0 saturated heterocycles. The Hall–Kier alpha value is -0.410. The molecule has 0 radical (unpaired) electrons. The largest absolute Gasteiger partial charge is 0.385 e. The molecule has 0 fully saturated rings. The fourth-order valence-electron chi connectivity index (χ4n) is 0.946. The van der Waals surface area contributed by atoms with E-state index in [4.69, 9.17) is 0 Å². The summed E-state index contributed by atoms with van der Waals surface area (Å²) in [5, 5.41) is 0. The Kier molecular flexibility index (Phi) is 2.63. The molecule has 16 heavy (non-hydrogen) atoms. The van der Waals surface area contributed by atoms with Gasteiger partial charge < -0.3 is 0 Å². The van der Waals surface area contributed by atoms with E-state index in [1.165, 1.54) is 15.9 Å². The summed E-state index contributed by atoms with van der Waals surface area (Å²) >= 11 is 1.44. The van der Waals surface area contributed by atoms with Crippen molar-refractivity contribution >= 4 is 15.9 Å². The van der Waals surface area contributed by atoms with Crippen LogP contribution in [0.5, 0.6) is 0 Å².